The van der Waals surface area contributed by atoms with Gasteiger partial charge < -0.3 is 10.1 Å². The van der Waals surface area contributed by atoms with Gasteiger partial charge in [-0.2, -0.15) is 13.1 Å². The third-order valence-corrected chi connectivity index (χ3v) is 7.59. The molecule has 1 saturated heterocycles. The van der Waals surface area contributed by atoms with Crippen LogP contribution in [0, 0.1) is 13.8 Å². The summed E-state index contributed by atoms with van der Waals surface area (Å²) in [4.78, 5) is 14.5. The first-order valence-corrected chi connectivity index (χ1v) is 12.2. The minimum absolute atomic E-state index is 0.0939. The highest BCUT2D eigenvalue weighted by Gasteiger charge is 2.29. The minimum atomic E-state index is -3.55. The molecule has 1 amide bonds. The fourth-order valence-corrected chi connectivity index (χ4v) is 5.10. The summed E-state index contributed by atoms with van der Waals surface area (Å²) in [6.07, 6.45) is 0.558. The van der Waals surface area contributed by atoms with Crippen LogP contribution in [0.1, 0.15) is 16.7 Å². The second kappa shape index (κ2) is 11.0. The van der Waals surface area contributed by atoms with Crippen molar-refractivity contribution in [3.8, 4) is 5.75 Å². The van der Waals surface area contributed by atoms with Gasteiger partial charge in [-0.15, -0.1) is 0 Å². The predicted octanol–water partition coefficient (Wildman–Crippen LogP) is 2.57. The zero-order chi connectivity index (χ0) is 24.0. The van der Waals surface area contributed by atoms with Crippen molar-refractivity contribution in [3.05, 3.63) is 59.2 Å². The molecule has 7 nitrogen and oxygen atoms in total. The number of ether oxygens (including phenoxy) is 1. The highest BCUT2D eigenvalue weighted by Crippen LogP contribution is 2.20. The van der Waals surface area contributed by atoms with Crippen molar-refractivity contribution < 1.29 is 26.7 Å². The molecule has 10 heteroatoms. The summed E-state index contributed by atoms with van der Waals surface area (Å²) in [5.74, 6) is -0.0467. The average molecular weight is 482 g/mol. The number of hydrogen-bond donors (Lipinski definition) is 1. The molecule has 0 aliphatic carbocycles. The number of amides is 1. The number of halogens is 2. The summed E-state index contributed by atoms with van der Waals surface area (Å²) in [7, 11) is -3.55. The summed E-state index contributed by atoms with van der Waals surface area (Å²) in [6, 6.07) is 11.4. The van der Waals surface area contributed by atoms with Crippen molar-refractivity contribution in [2.45, 2.75) is 31.8 Å². The molecule has 180 valence electrons. The van der Waals surface area contributed by atoms with E-state index >= 15 is 0 Å². The van der Waals surface area contributed by atoms with Crippen molar-refractivity contribution >= 4 is 15.9 Å². The van der Waals surface area contributed by atoms with Gasteiger partial charge in [-0.3, -0.25) is 9.69 Å². The molecular weight excluding hydrogens is 452 g/mol. The number of nitrogens with one attached hydrogen (secondary N) is 1. The Hall–Kier alpha value is -2.56. The van der Waals surface area contributed by atoms with Crippen molar-refractivity contribution in [1.29, 1.82) is 0 Å². The molecule has 1 aliphatic heterocycles. The third-order valence-electron chi connectivity index (χ3n) is 5.70. The predicted molar refractivity (Wildman–Crippen MR) is 121 cm³/mol. The number of sulfonamides is 1. The SMILES string of the molecule is Cc1ccc(S(=O)(=O)N2CCN(CC(=O)NCCc3ccc(OC(F)F)cc3)CC2)cc1C. The summed E-state index contributed by atoms with van der Waals surface area (Å²) in [6.45, 7) is 3.19. The Morgan fingerprint density at radius 1 is 1.03 bits per heavy atom. The maximum atomic E-state index is 12.9. The Balaban J connectivity index is 1.41. The summed E-state index contributed by atoms with van der Waals surface area (Å²) in [5, 5.41) is 2.84. The Morgan fingerprint density at radius 2 is 1.70 bits per heavy atom. The number of hydrogen-bond acceptors (Lipinski definition) is 5. The van der Waals surface area contributed by atoms with E-state index in [1.54, 1.807) is 24.3 Å². The lowest BCUT2D eigenvalue weighted by Crippen LogP contribution is -2.51. The number of piperazine rings is 1. The van der Waals surface area contributed by atoms with Gasteiger partial charge in [0.15, 0.2) is 0 Å². The van der Waals surface area contributed by atoms with Crippen LogP contribution in [0.5, 0.6) is 5.75 Å². The van der Waals surface area contributed by atoms with E-state index in [0.29, 0.717) is 44.0 Å². The van der Waals surface area contributed by atoms with Crippen LogP contribution < -0.4 is 10.1 Å². The largest absolute Gasteiger partial charge is 0.435 e. The van der Waals surface area contributed by atoms with Gasteiger partial charge in [0.2, 0.25) is 15.9 Å². The first-order chi connectivity index (χ1) is 15.6. The van der Waals surface area contributed by atoms with Crippen LogP contribution in [0.25, 0.3) is 0 Å². The third kappa shape index (κ3) is 6.96. The number of nitrogens with zero attached hydrogens (tertiary/aromatic N) is 2. The Kier molecular flexibility index (Phi) is 8.39. The number of carbonyl (C=O) groups excluding carboxylic acids is 1. The first-order valence-electron chi connectivity index (χ1n) is 10.8. The molecule has 0 spiro atoms. The molecule has 0 atom stereocenters. The number of alkyl halides is 2. The molecule has 3 rings (SSSR count). The van der Waals surface area contributed by atoms with Crippen LogP contribution in [-0.2, 0) is 21.2 Å². The van der Waals surface area contributed by atoms with E-state index in [-0.39, 0.29) is 18.2 Å². The number of aryl methyl sites for hydroxylation is 2. The normalized spacial score (nSPS) is 15.5. The molecule has 2 aromatic rings. The minimum Gasteiger partial charge on any atom is -0.435 e. The van der Waals surface area contributed by atoms with Gasteiger partial charge in [-0.1, -0.05) is 18.2 Å². The molecule has 2 aromatic carbocycles. The van der Waals surface area contributed by atoms with Gasteiger partial charge in [0, 0.05) is 32.7 Å². The van der Waals surface area contributed by atoms with Gasteiger partial charge in [-0.25, -0.2) is 8.42 Å². The quantitative estimate of drug-likeness (QED) is 0.596. The van der Waals surface area contributed by atoms with Crippen molar-refractivity contribution in [1.82, 2.24) is 14.5 Å². The molecule has 33 heavy (non-hydrogen) atoms. The van der Waals surface area contributed by atoms with E-state index in [2.05, 4.69) is 10.1 Å². The zero-order valence-electron chi connectivity index (χ0n) is 18.8. The van der Waals surface area contributed by atoms with Gasteiger partial charge in [-0.05, 0) is 61.2 Å². The molecular formula is C23H29F2N3O4S. The van der Waals surface area contributed by atoms with Crippen LogP contribution in [-0.4, -0.2) is 69.4 Å². The molecule has 0 saturated carbocycles. The van der Waals surface area contributed by atoms with Crippen molar-refractivity contribution in [2.24, 2.45) is 0 Å². The number of benzene rings is 2. The van der Waals surface area contributed by atoms with Gasteiger partial charge in [0.1, 0.15) is 5.75 Å². The monoisotopic (exact) mass is 481 g/mol. The maximum absolute atomic E-state index is 12.9. The lowest BCUT2D eigenvalue weighted by Gasteiger charge is -2.33. The summed E-state index contributed by atoms with van der Waals surface area (Å²) < 4.78 is 56.0. The molecule has 0 aromatic heterocycles. The maximum Gasteiger partial charge on any atom is 0.387 e. The molecule has 1 fully saturated rings. The Labute approximate surface area is 193 Å². The van der Waals surface area contributed by atoms with Crippen LogP contribution in [0.3, 0.4) is 0 Å². The zero-order valence-corrected chi connectivity index (χ0v) is 19.6. The van der Waals surface area contributed by atoms with Gasteiger partial charge in [0.25, 0.3) is 0 Å². The number of carbonyl (C=O) groups is 1. The summed E-state index contributed by atoms with van der Waals surface area (Å²) >= 11 is 0. The molecule has 0 unspecified atom stereocenters. The van der Waals surface area contributed by atoms with Crippen LogP contribution in [0.4, 0.5) is 8.78 Å². The standard InChI is InChI=1S/C23H29F2N3O4S/c1-17-3-8-21(15-18(17)2)33(30,31)28-13-11-27(12-14-28)16-22(29)26-10-9-19-4-6-20(7-5-19)32-23(24)25/h3-8,15,23H,9-14,16H2,1-2H3,(H,26,29). The lowest BCUT2D eigenvalue weighted by atomic mass is 10.1. The second-order valence-corrected chi connectivity index (χ2v) is 9.99. The molecule has 0 bridgehead atoms. The fourth-order valence-electron chi connectivity index (χ4n) is 3.59. The van der Waals surface area contributed by atoms with E-state index in [0.717, 1.165) is 16.7 Å². The summed E-state index contributed by atoms with van der Waals surface area (Å²) in [5.41, 5.74) is 2.87. The van der Waals surface area contributed by atoms with Gasteiger partial charge in [0.05, 0.1) is 11.4 Å². The molecule has 1 heterocycles. The fraction of sp³-hybridized carbons (Fsp3) is 0.435. The van der Waals surface area contributed by atoms with E-state index in [1.807, 2.05) is 24.8 Å². The van der Waals surface area contributed by atoms with E-state index in [1.165, 1.54) is 16.4 Å². The highest BCUT2D eigenvalue weighted by molar-refractivity contribution is 7.89. The first kappa shape index (κ1) is 25.1. The van der Waals surface area contributed by atoms with Crippen LogP contribution in [0.15, 0.2) is 47.4 Å². The van der Waals surface area contributed by atoms with E-state index < -0.39 is 16.6 Å². The van der Waals surface area contributed by atoms with E-state index in [4.69, 9.17) is 0 Å². The number of rotatable bonds is 9. The van der Waals surface area contributed by atoms with Gasteiger partial charge >= 0.3 is 6.61 Å². The average Bonchev–Trinajstić information content (AvgIpc) is 2.77. The van der Waals surface area contributed by atoms with Crippen molar-refractivity contribution in [2.75, 3.05) is 39.3 Å². The second-order valence-electron chi connectivity index (χ2n) is 8.05. The molecule has 1 aliphatic rings. The Bertz CT molecular complexity index is 1050. The topological polar surface area (TPSA) is 79.0 Å². The van der Waals surface area contributed by atoms with Crippen molar-refractivity contribution in [3.63, 3.8) is 0 Å². The van der Waals surface area contributed by atoms with Crippen LogP contribution in [0.2, 0.25) is 0 Å². The van der Waals surface area contributed by atoms with E-state index in [9.17, 15) is 22.0 Å². The smallest absolute Gasteiger partial charge is 0.387 e. The highest BCUT2D eigenvalue weighted by atomic mass is 32.2. The molecule has 1 N–H and O–H groups in total. The Morgan fingerprint density at radius 3 is 2.30 bits per heavy atom. The lowest BCUT2D eigenvalue weighted by molar-refractivity contribution is -0.122. The molecule has 0 radical (unpaired) electrons. The van der Waals surface area contributed by atoms with Crippen LogP contribution >= 0.6 is 0 Å².